The summed E-state index contributed by atoms with van der Waals surface area (Å²) < 4.78 is 10.5. The van der Waals surface area contributed by atoms with Crippen molar-refractivity contribution in [1.29, 1.82) is 0 Å². The molecule has 2 nitrogen and oxygen atoms in total. The highest BCUT2D eigenvalue weighted by Gasteiger charge is 2.68. The van der Waals surface area contributed by atoms with Gasteiger partial charge in [0.2, 0.25) is 5.79 Å². The van der Waals surface area contributed by atoms with Gasteiger partial charge in [0.05, 0.1) is 0 Å². The SMILES string of the molecule is CCCCCC1OC12CO2. The molecule has 1 spiro atoms. The third-order valence-electron chi connectivity index (χ3n) is 2.27. The molecular formula is C8H14O2. The highest BCUT2D eigenvalue weighted by atomic mass is 16.9. The summed E-state index contributed by atoms with van der Waals surface area (Å²) in [5, 5.41) is 0. The first-order valence-corrected chi connectivity index (χ1v) is 4.19. The molecule has 0 aromatic rings. The topological polar surface area (TPSA) is 25.1 Å². The van der Waals surface area contributed by atoms with Crippen LogP contribution in [0.4, 0.5) is 0 Å². The minimum absolute atomic E-state index is 0.0340. The second-order valence-corrected chi connectivity index (χ2v) is 3.20. The first kappa shape index (κ1) is 6.62. The molecule has 2 fully saturated rings. The predicted molar refractivity (Wildman–Crippen MR) is 37.7 cm³/mol. The van der Waals surface area contributed by atoms with E-state index in [2.05, 4.69) is 6.92 Å². The van der Waals surface area contributed by atoms with Crippen LogP contribution in [0.25, 0.3) is 0 Å². The fraction of sp³-hybridized carbons (Fsp3) is 1.00. The van der Waals surface area contributed by atoms with Gasteiger partial charge in [0.15, 0.2) is 0 Å². The molecule has 0 bridgehead atoms. The minimum Gasteiger partial charge on any atom is -0.340 e. The third kappa shape index (κ3) is 1.06. The van der Waals surface area contributed by atoms with Crippen LogP contribution in [-0.2, 0) is 9.47 Å². The van der Waals surface area contributed by atoms with Crippen LogP contribution >= 0.6 is 0 Å². The van der Waals surface area contributed by atoms with Crippen LogP contribution in [0.15, 0.2) is 0 Å². The van der Waals surface area contributed by atoms with Crippen molar-refractivity contribution >= 4 is 0 Å². The summed E-state index contributed by atoms with van der Waals surface area (Å²) >= 11 is 0. The van der Waals surface area contributed by atoms with E-state index in [4.69, 9.17) is 9.47 Å². The van der Waals surface area contributed by atoms with E-state index in [1.165, 1.54) is 25.7 Å². The normalized spacial score (nSPS) is 42.3. The molecule has 0 aromatic carbocycles. The summed E-state index contributed by atoms with van der Waals surface area (Å²) in [7, 11) is 0. The maximum Gasteiger partial charge on any atom is 0.219 e. The maximum absolute atomic E-state index is 5.34. The molecule has 0 radical (unpaired) electrons. The second-order valence-electron chi connectivity index (χ2n) is 3.20. The van der Waals surface area contributed by atoms with Crippen LogP contribution in [-0.4, -0.2) is 18.5 Å². The van der Waals surface area contributed by atoms with Gasteiger partial charge in [-0.15, -0.1) is 0 Å². The number of ether oxygens (including phenoxy) is 2. The van der Waals surface area contributed by atoms with Crippen molar-refractivity contribution in [1.82, 2.24) is 0 Å². The summed E-state index contributed by atoms with van der Waals surface area (Å²) in [5.41, 5.74) is 0. The van der Waals surface area contributed by atoms with Gasteiger partial charge in [-0.2, -0.15) is 0 Å². The monoisotopic (exact) mass is 142 g/mol. The summed E-state index contributed by atoms with van der Waals surface area (Å²) in [5.74, 6) is -0.0340. The van der Waals surface area contributed by atoms with E-state index in [1.807, 2.05) is 0 Å². The predicted octanol–water partition coefficient (Wildman–Crippen LogP) is 1.69. The number of epoxide rings is 2. The van der Waals surface area contributed by atoms with E-state index in [9.17, 15) is 0 Å². The molecule has 0 amide bonds. The van der Waals surface area contributed by atoms with Crippen LogP contribution in [0.2, 0.25) is 0 Å². The van der Waals surface area contributed by atoms with Crippen LogP contribution in [0.5, 0.6) is 0 Å². The van der Waals surface area contributed by atoms with E-state index >= 15 is 0 Å². The summed E-state index contributed by atoms with van der Waals surface area (Å²) in [6.07, 6.45) is 5.58. The lowest BCUT2D eigenvalue weighted by molar-refractivity contribution is 0.250. The standard InChI is InChI=1S/C8H14O2/c1-2-3-4-5-7-8(10-7)6-9-8/h7H,2-6H2,1H3. The van der Waals surface area contributed by atoms with Crippen molar-refractivity contribution in [2.45, 2.75) is 44.5 Å². The van der Waals surface area contributed by atoms with E-state index in [0.29, 0.717) is 6.10 Å². The molecule has 10 heavy (non-hydrogen) atoms. The summed E-state index contributed by atoms with van der Waals surface area (Å²) in [6.45, 7) is 3.07. The Bertz CT molecular complexity index is 129. The molecular weight excluding hydrogens is 128 g/mol. The van der Waals surface area contributed by atoms with E-state index in [0.717, 1.165) is 6.61 Å². The number of rotatable bonds is 4. The van der Waals surface area contributed by atoms with Gasteiger partial charge in [0, 0.05) is 0 Å². The van der Waals surface area contributed by atoms with E-state index in [-0.39, 0.29) is 5.79 Å². The average Bonchev–Trinajstić information content (AvgIpc) is 2.79. The molecule has 2 atom stereocenters. The zero-order valence-corrected chi connectivity index (χ0v) is 6.43. The van der Waals surface area contributed by atoms with Crippen molar-refractivity contribution in [3.8, 4) is 0 Å². The third-order valence-corrected chi connectivity index (χ3v) is 2.27. The zero-order chi connectivity index (χ0) is 7.03. The molecule has 2 heterocycles. The van der Waals surface area contributed by atoms with Crippen molar-refractivity contribution in [2.75, 3.05) is 6.61 Å². The van der Waals surface area contributed by atoms with Gasteiger partial charge < -0.3 is 9.47 Å². The molecule has 2 heteroatoms. The molecule has 2 aliphatic rings. The number of hydrogen-bond donors (Lipinski definition) is 0. The van der Waals surface area contributed by atoms with Crippen LogP contribution < -0.4 is 0 Å². The summed E-state index contributed by atoms with van der Waals surface area (Å²) in [6, 6.07) is 0. The van der Waals surface area contributed by atoms with Gasteiger partial charge in [-0.25, -0.2) is 0 Å². The molecule has 0 aromatic heterocycles. The van der Waals surface area contributed by atoms with Crippen molar-refractivity contribution in [3.05, 3.63) is 0 Å². The van der Waals surface area contributed by atoms with Crippen molar-refractivity contribution < 1.29 is 9.47 Å². The molecule has 0 N–H and O–H groups in total. The lowest BCUT2D eigenvalue weighted by Crippen LogP contribution is -1.93. The van der Waals surface area contributed by atoms with Crippen LogP contribution in [0.1, 0.15) is 32.6 Å². The molecule has 2 rings (SSSR count). The Labute approximate surface area is 61.5 Å². The highest BCUT2D eigenvalue weighted by Crippen LogP contribution is 2.50. The number of hydrogen-bond acceptors (Lipinski definition) is 2. The van der Waals surface area contributed by atoms with Crippen LogP contribution in [0, 0.1) is 0 Å². The van der Waals surface area contributed by atoms with E-state index < -0.39 is 0 Å². The Hall–Kier alpha value is -0.0800. The molecule has 2 saturated heterocycles. The fourth-order valence-electron chi connectivity index (χ4n) is 1.39. The Balaban J connectivity index is 1.57. The maximum atomic E-state index is 5.34. The van der Waals surface area contributed by atoms with Gasteiger partial charge in [-0.05, 0) is 6.42 Å². The minimum atomic E-state index is -0.0340. The lowest BCUT2D eigenvalue weighted by Gasteiger charge is -1.91. The lowest BCUT2D eigenvalue weighted by atomic mass is 10.1. The van der Waals surface area contributed by atoms with Gasteiger partial charge in [-0.1, -0.05) is 26.2 Å². The quantitative estimate of drug-likeness (QED) is 0.441. The Morgan fingerprint density at radius 2 is 2.30 bits per heavy atom. The fourth-order valence-corrected chi connectivity index (χ4v) is 1.39. The molecule has 2 aliphatic heterocycles. The molecule has 0 aliphatic carbocycles. The smallest absolute Gasteiger partial charge is 0.219 e. The second kappa shape index (κ2) is 2.21. The van der Waals surface area contributed by atoms with Gasteiger partial charge in [0.1, 0.15) is 12.7 Å². The van der Waals surface area contributed by atoms with Gasteiger partial charge >= 0.3 is 0 Å². The Morgan fingerprint density at radius 1 is 1.50 bits per heavy atom. The highest BCUT2D eigenvalue weighted by molar-refractivity contribution is 5.03. The largest absolute Gasteiger partial charge is 0.340 e. The van der Waals surface area contributed by atoms with Crippen LogP contribution in [0.3, 0.4) is 0 Å². The number of unbranched alkanes of at least 4 members (excludes halogenated alkanes) is 2. The molecule has 2 unspecified atom stereocenters. The van der Waals surface area contributed by atoms with Gasteiger partial charge in [-0.3, -0.25) is 0 Å². The first-order chi connectivity index (χ1) is 4.87. The first-order valence-electron chi connectivity index (χ1n) is 4.19. The molecule has 58 valence electrons. The summed E-state index contributed by atoms with van der Waals surface area (Å²) in [4.78, 5) is 0. The average molecular weight is 142 g/mol. The Morgan fingerprint density at radius 3 is 2.80 bits per heavy atom. The molecule has 0 saturated carbocycles. The van der Waals surface area contributed by atoms with Crippen molar-refractivity contribution in [3.63, 3.8) is 0 Å². The van der Waals surface area contributed by atoms with Crippen molar-refractivity contribution in [2.24, 2.45) is 0 Å². The Kier molecular flexibility index (Phi) is 1.46. The van der Waals surface area contributed by atoms with E-state index in [1.54, 1.807) is 0 Å². The zero-order valence-electron chi connectivity index (χ0n) is 6.43. The van der Waals surface area contributed by atoms with Gasteiger partial charge in [0.25, 0.3) is 0 Å².